The Balaban J connectivity index is 1.88. The van der Waals surface area contributed by atoms with E-state index in [1.165, 1.54) is 11.1 Å². The van der Waals surface area contributed by atoms with Crippen molar-refractivity contribution in [1.29, 1.82) is 0 Å². The molecule has 0 fully saturated rings. The van der Waals surface area contributed by atoms with Crippen LogP contribution in [0.2, 0.25) is 0 Å². The zero-order chi connectivity index (χ0) is 12.8. The molecule has 1 heterocycles. The number of hydrogen-bond donors (Lipinski definition) is 1. The van der Waals surface area contributed by atoms with Crippen molar-refractivity contribution in [3.8, 4) is 0 Å². The maximum Gasteiger partial charge on any atom is 0.0589 e. The summed E-state index contributed by atoms with van der Waals surface area (Å²) in [6.45, 7) is 7.25. The summed E-state index contributed by atoms with van der Waals surface area (Å²) in [5, 5.41) is 3.63. The molecule has 100 valence electrons. The van der Waals surface area contributed by atoms with Gasteiger partial charge in [0.05, 0.1) is 6.61 Å². The van der Waals surface area contributed by atoms with Gasteiger partial charge >= 0.3 is 0 Å². The lowest BCUT2D eigenvalue weighted by molar-refractivity contribution is 0.143. The van der Waals surface area contributed by atoms with Crippen LogP contribution in [0.4, 0.5) is 0 Å². The van der Waals surface area contributed by atoms with E-state index in [4.69, 9.17) is 4.74 Å². The number of methoxy groups -OCH3 is 1. The van der Waals surface area contributed by atoms with E-state index in [2.05, 4.69) is 41.4 Å². The standard InChI is InChI=1S/C15H24N2O/c1-3-17(8-9-18-2)12-15-10-13-6-4-5-7-14(13)11-16-15/h4-7,15-16H,3,8-12H2,1-2H3. The summed E-state index contributed by atoms with van der Waals surface area (Å²) in [6.07, 6.45) is 1.14. The molecule has 2 rings (SSSR count). The first-order valence-electron chi connectivity index (χ1n) is 6.85. The van der Waals surface area contributed by atoms with Crippen molar-refractivity contribution in [2.45, 2.75) is 25.9 Å². The number of nitrogens with one attached hydrogen (secondary N) is 1. The first-order chi connectivity index (χ1) is 8.83. The molecule has 0 aliphatic carbocycles. The van der Waals surface area contributed by atoms with Gasteiger partial charge in [-0.3, -0.25) is 4.90 Å². The lowest BCUT2D eigenvalue weighted by Gasteiger charge is -2.31. The van der Waals surface area contributed by atoms with Crippen molar-refractivity contribution in [2.75, 3.05) is 33.4 Å². The highest BCUT2D eigenvalue weighted by Crippen LogP contribution is 2.16. The van der Waals surface area contributed by atoms with Crippen molar-refractivity contribution in [3.63, 3.8) is 0 Å². The van der Waals surface area contributed by atoms with E-state index in [9.17, 15) is 0 Å². The van der Waals surface area contributed by atoms with Crippen LogP contribution < -0.4 is 5.32 Å². The van der Waals surface area contributed by atoms with Gasteiger partial charge in [0.1, 0.15) is 0 Å². The maximum absolute atomic E-state index is 5.16. The highest BCUT2D eigenvalue weighted by atomic mass is 16.5. The van der Waals surface area contributed by atoms with Crippen LogP contribution in [0.15, 0.2) is 24.3 Å². The number of nitrogens with zero attached hydrogens (tertiary/aromatic N) is 1. The van der Waals surface area contributed by atoms with Gasteiger partial charge in [0.25, 0.3) is 0 Å². The smallest absolute Gasteiger partial charge is 0.0589 e. The zero-order valence-electron chi connectivity index (χ0n) is 11.5. The molecule has 0 bridgehead atoms. The van der Waals surface area contributed by atoms with Crippen molar-refractivity contribution in [3.05, 3.63) is 35.4 Å². The summed E-state index contributed by atoms with van der Waals surface area (Å²) < 4.78 is 5.16. The molecule has 0 saturated heterocycles. The van der Waals surface area contributed by atoms with Gasteiger partial charge in [-0.15, -0.1) is 0 Å². The molecule has 1 aromatic carbocycles. The fourth-order valence-electron chi connectivity index (χ4n) is 2.56. The largest absolute Gasteiger partial charge is 0.383 e. The Hall–Kier alpha value is -0.900. The molecule has 18 heavy (non-hydrogen) atoms. The SMILES string of the molecule is CCN(CCOC)CC1Cc2ccccc2CN1. The first-order valence-corrected chi connectivity index (χ1v) is 6.85. The number of rotatable bonds is 6. The van der Waals surface area contributed by atoms with Crippen LogP contribution >= 0.6 is 0 Å². The first kappa shape index (κ1) is 13.5. The van der Waals surface area contributed by atoms with E-state index in [1.54, 1.807) is 7.11 Å². The van der Waals surface area contributed by atoms with Gasteiger partial charge in [0.2, 0.25) is 0 Å². The van der Waals surface area contributed by atoms with Gasteiger partial charge in [-0.1, -0.05) is 31.2 Å². The predicted octanol–water partition coefficient (Wildman–Crippen LogP) is 1.67. The molecule has 0 saturated carbocycles. The maximum atomic E-state index is 5.16. The summed E-state index contributed by atoms with van der Waals surface area (Å²) in [5.74, 6) is 0. The van der Waals surface area contributed by atoms with Crippen molar-refractivity contribution in [2.24, 2.45) is 0 Å². The van der Waals surface area contributed by atoms with Crippen LogP contribution in [0.25, 0.3) is 0 Å². The van der Waals surface area contributed by atoms with Crippen molar-refractivity contribution in [1.82, 2.24) is 10.2 Å². The Bertz CT molecular complexity index is 367. The molecule has 1 unspecified atom stereocenters. The lowest BCUT2D eigenvalue weighted by Crippen LogP contribution is -2.45. The van der Waals surface area contributed by atoms with E-state index in [1.807, 2.05) is 0 Å². The van der Waals surface area contributed by atoms with Crippen LogP contribution in [0.5, 0.6) is 0 Å². The summed E-state index contributed by atoms with van der Waals surface area (Å²) in [4.78, 5) is 2.45. The minimum Gasteiger partial charge on any atom is -0.383 e. The molecule has 3 heteroatoms. The second-order valence-corrected chi connectivity index (χ2v) is 4.94. The summed E-state index contributed by atoms with van der Waals surface area (Å²) in [7, 11) is 1.77. The van der Waals surface area contributed by atoms with Gasteiger partial charge < -0.3 is 10.1 Å². The van der Waals surface area contributed by atoms with Crippen LogP contribution in [-0.2, 0) is 17.7 Å². The van der Waals surface area contributed by atoms with E-state index in [0.29, 0.717) is 6.04 Å². The van der Waals surface area contributed by atoms with Crippen LogP contribution in [0, 0.1) is 0 Å². The van der Waals surface area contributed by atoms with Gasteiger partial charge in [0.15, 0.2) is 0 Å². The number of benzene rings is 1. The minimum absolute atomic E-state index is 0.566. The van der Waals surface area contributed by atoms with Gasteiger partial charge in [0, 0.05) is 32.8 Å². The third-order valence-corrected chi connectivity index (χ3v) is 3.70. The Morgan fingerprint density at radius 2 is 2.11 bits per heavy atom. The molecule has 3 nitrogen and oxygen atoms in total. The van der Waals surface area contributed by atoms with Crippen LogP contribution in [0.1, 0.15) is 18.1 Å². The fourth-order valence-corrected chi connectivity index (χ4v) is 2.56. The van der Waals surface area contributed by atoms with Gasteiger partial charge in [-0.05, 0) is 24.1 Å². The van der Waals surface area contributed by atoms with Gasteiger partial charge in [-0.25, -0.2) is 0 Å². The van der Waals surface area contributed by atoms with Crippen molar-refractivity contribution < 1.29 is 4.74 Å². The highest BCUT2D eigenvalue weighted by molar-refractivity contribution is 5.29. The average molecular weight is 248 g/mol. The Labute approximate surface area is 110 Å². The molecule has 1 aliphatic heterocycles. The third kappa shape index (κ3) is 3.55. The molecular formula is C15H24N2O. The predicted molar refractivity (Wildman–Crippen MR) is 74.8 cm³/mol. The summed E-state index contributed by atoms with van der Waals surface area (Å²) in [6, 6.07) is 9.31. The van der Waals surface area contributed by atoms with E-state index in [0.717, 1.165) is 39.2 Å². The quantitative estimate of drug-likeness (QED) is 0.829. The number of ether oxygens (including phenoxy) is 1. The average Bonchev–Trinajstić information content (AvgIpc) is 2.43. The van der Waals surface area contributed by atoms with Crippen molar-refractivity contribution >= 4 is 0 Å². The summed E-state index contributed by atoms with van der Waals surface area (Å²) >= 11 is 0. The van der Waals surface area contributed by atoms with Crippen LogP contribution in [-0.4, -0.2) is 44.3 Å². The number of fused-ring (bicyclic) bond motifs is 1. The number of likely N-dealkylation sites (N-methyl/N-ethyl adjacent to an activating group) is 1. The molecule has 0 amide bonds. The monoisotopic (exact) mass is 248 g/mol. The molecule has 0 aromatic heterocycles. The minimum atomic E-state index is 0.566. The zero-order valence-corrected chi connectivity index (χ0v) is 11.5. The molecule has 1 aromatic rings. The normalized spacial score (nSPS) is 18.9. The fraction of sp³-hybridized carbons (Fsp3) is 0.600. The Morgan fingerprint density at radius 1 is 1.33 bits per heavy atom. The topological polar surface area (TPSA) is 24.5 Å². The van der Waals surface area contributed by atoms with E-state index in [-0.39, 0.29) is 0 Å². The molecular weight excluding hydrogens is 224 g/mol. The summed E-state index contributed by atoms with van der Waals surface area (Å²) in [5.41, 5.74) is 2.96. The van der Waals surface area contributed by atoms with E-state index >= 15 is 0 Å². The molecule has 1 atom stereocenters. The second kappa shape index (κ2) is 6.88. The van der Waals surface area contributed by atoms with E-state index < -0.39 is 0 Å². The second-order valence-electron chi connectivity index (χ2n) is 4.94. The molecule has 1 aliphatic rings. The van der Waals surface area contributed by atoms with Gasteiger partial charge in [-0.2, -0.15) is 0 Å². The highest BCUT2D eigenvalue weighted by Gasteiger charge is 2.19. The third-order valence-electron chi connectivity index (χ3n) is 3.70. The Morgan fingerprint density at radius 3 is 2.83 bits per heavy atom. The molecule has 0 radical (unpaired) electrons. The lowest BCUT2D eigenvalue weighted by atomic mass is 9.95. The Kier molecular flexibility index (Phi) is 5.17. The number of hydrogen-bond acceptors (Lipinski definition) is 3. The molecule has 0 spiro atoms. The van der Waals surface area contributed by atoms with Crippen LogP contribution in [0.3, 0.4) is 0 Å². The molecule has 1 N–H and O–H groups in total.